The Kier molecular flexibility index (Phi) is 6.93. The molecular formula is C27H21N7O4S. The number of hydrazone groups is 1. The second kappa shape index (κ2) is 10.6. The zero-order valence-corrected chi connectivity index (χ0v) is 21.6. The number of aryl methyl sites for hydroxylation is 1. The van der Waals surface area contributed by atoms with Crippen molar-refractivity contribution in [3.63, 3.8) is 0 Å². The van der Waals surface area contributed by atoms with Crippen molar-refractivity contribution >= 4 is 34.1 Å². The van der Waals surface area contributed by atoms with Gasteiger partial charge in [-0.25, -0.2) is 9.67 Å². The van der Waals surface area contributed by atoms with Crippen LogP contribution in [0.25, 0.3) is 27.6 Å². The molecule has 0 radical (unpaired) electrons. The number of aromatic nitrogens is 3. The van der Waals surface area contributed by atoms with Crippen LogP contribution in [-0.4, -0.2) is 30.3 Å². The van der Waals surface area contributed by atoms with E-state index in [2.05, 4.69) is 10.5 Å². The fraction of sp³-hybridized carbons (Fsp3) is 0.0741. The Morgan fingerprint density at radius 1 is 0.923 bits per heavy atom. The van der Waals surface area contributed by atoms with Crippen molar-refractivity contribution in [2.24, 2.45) is 5.10 Å². The zero-order chi connectivity index (χ0) is 27.5. The fourth-order valence-electron chi connectivity index (χ4n) is 3.97. The number of hydrogen-bond acceptors (Lipinski definition) is 9. The number of nitro groups is 2. The second-order valence-corrected chi connectivity index (χ2v) is 9.47. The summed E-state index contributed by atoms with van der Waals surface area (Å²) in [5.41, 5.74) is 6.81. The number of rotatable bonds is 8. The number of thiazole rings is 1. The number of nitro benzene ring substituents is 2. The van der Waals surface area contributed by atoms with Crippen LogP contribution in [0.1, 0.15) is 17.5 Å². The lowest BCUT2D eigenvalue weighted by Gasteiger charge is -2.04. The minimum absolute atomic E-state index is 0.0401. The second-order valence-electron chi connectivity index (χ2n) is 8.49. The average Bonchev–Trinajstić information content (AvgIpc) is 3.56. The van der Waals surface area contributed by atoms with Gasteiger partial charge >= 0.3 is 5.69 Å². The third kappa shape index (κ3) is 5.26. The monoisotopic (exact) mass is 539 g/mol. The van der Waals surface area contributed by atoms with Gasteiger partial charge in [0.1, 0.15) is 5.69 Å². The summed E-state index contributed by atoms with van der Waals surface area (Å²) in [6.45, 7) is 3.61. The molecule has 0 amide bonds. The molecule has 12 heteroatoms. The molecule has 0 saturated heterocycles. The van der Waals surface area contributed by atoms with Crippen LogP contribution in [0.2, 0.25) is 0 Å². The zero-order valence-electron chi connectivity index (χ0n) is 20.8. The molecule has 0 saturated carbocycles. The Bertz CT molecular complexity index is 1710. The van der Waals surface area contributed by atoms with Crippen molar-refractivity contribution in [2.75, 3.05) is 5.43 Å². The van der Waals surface area contributed by atoms with Crippen LogP contribution in [-0.2, 0) is 0 Å². The Morgan fingerprint density at radius 3 is 2.23 bits per heavy atom. The lowest BCUT2D eigenvalue weighted by Crippen LogP contribution is -2.02. The average molecular weight is 540 g/mol. The molecule has 1 N–H and O–H groups in total. The van der Waals surface area contributed by atoms with E-state index in [1.807, 2.05) is 73.7 Å². The molecule has 2 heterocycles. The van der Waals surface area contributed by atoms with Gasteiger partial charge in [-0.1, -0.05) is 72.0 Å². The van der Waals surface area contributed by atoms with Gasteiger partial charge in [0.25, 0.3) is 5.69 Å². The highest BCUT2D eigenvalue weighted by atomic mass is 32.1. The Morgan fingerprint density at radius 2 is 1.59 bits per heavy atom. The first-order valence-corrected chi connectivity index (χ1v) is 12.6. The minimum Gasteiger partial charge on any atom is -0.271 e. The largest absolute Gasteiger partial charge is 0.301 e. The topological polar surface area (TPSA) is 141 Å². The van der Waals surface area contributed by atoms with Gasteiger partial charge in [0.15, 0.2) is 0 Å². The number of nitrogens with one attached hydrogen (secondary N) is 1. The SMILES string of the molecule is C/C(=N\Nc1ccc([N+](=O)[O-])cc1[N+](=O)[O-])c1sc(-n2nc(-c3ccccc3)cc2-c2ccccc2)nc1C. The van der Waals surface area contributed by atoms with Gasteiger partial charge in [0, 0.05) is 17.2 Å². The van der Waals surface area contributed by atoms with Crippen molar-refractivity contribution in [1.82, 2.24) is 14.8 Å². The number of non-ortho nitro benzene ring substituents is 1. The lowest BCUT2D eigenvalue weighted by atomic mass is 10.1. The number of benzene rings is 3. The van der Waals surface area contributed by atoms with E-state index in [1.165, 1.54) is 23.5 Å². The van der Waals surface area contributed by atoms with Crippen molar-refractivity contribution in [3.05, 3.63) is 116 Å². The summed E-state index contributed by atoms with van der Waals surface area (Å²) in [6.07, 6.45) is 0. The Balaban J connectivity index is 1.51. The Labute approximate surface area is 226 Å². The van der Waals surface area contributed by atoms with Crippen molar-refractivity contribution in [1.29, 1.82) is 0 Å². The summed E-state index contributed by atoms with van der Waals surface area (Å²) in [4.78, 5) is 26.6. The van der Waals surface area contributed by atoms with Gasteiger partial charge in [0.2, 0.25) is 5.13 Å². The van der Waals surface area contributed by atoms with Crippen molar-refractivity contribution < 1.29 is 9.85 Å². The number of hydrogen-bond donors (Lipinski definition) is 1. The first-order valence-electron chi connectivity index (χ1n) is 11.7. The highest BCUT2D eigenvalue weighted by molar-refractivity contribution is 7.16. The molecular weight excluding hydrogens is 518 g/mol. The van der Waals surface area contributed by atoms with Crippen LogP contribution in [0, 0.1) is 27.2 Å². The summed E-state index contributed by atoms with van der Waals surface area (Å²) in [5, 5.41) is 32.3. The van der Waals surface area contributed by atoms with E-state index in [1.54, 1.807) is 11.6 Å². The maximum atomic E-state index is 11.5. The standard InChI is InChI=1S/C27H21N7O4S/c1-17-26(18(2)29-30-22-14-13-21(33(35)36)15-25(22)34(37)38)39-27(28-17)32-24(20-11-7-4-8-12-20)16-23(31-32)19-9-5-3-6-10-19/h3-16,30H,1-2H3/b29-18+. The van der Waals surface area contributed by atoms with E-state index in [0.717, 1.165) is 33.5 Å². The normalized spacial score (nSPS) is 11.4. The fourth-order valence-corrected chi connectivity index (χ4v) is 4.95. The molecule has 0 fully saturated rings. The molecule has 0 unspecified atom stereocenters. The van der Waals surface area contributed by atoms with Gasteiger partial charge in [0.05, 0.1) is 43.6 Å². The maximum absolute atomic E-state index is 11.5. The van der Waals surface area contributed by atoms with Crippen molar-refractivity contribution in [2.45, 2.75) is 13.8 Å². The highest BCUT2D eigenvalue weighted by Gasteiger charge is 2.21. The van der Waals surface area contributed by atoms with E-state index in [4.69, 9.17) is 10.1 Å². The van der Waals surface area contributed by atoms with Crippen LogP contribution in [0.3, 0.4) is 0 Å². The van der Waals surface area contributed by atoms with E-state index >= 15 is 0 Å². The van der Waals surface area contributed by atoms with Gasteiger partial charge in [-0.3, -0.25) is 25.7 Å². The quantitative estimate of drug-likeness (QED) is 0.133. The summed E-state index contributed by atoms with van der Waals surface area (Å²) in [5.74, 6) is 0. The smallest absolute Gasteiger partial charge is 0.271 e. The van der Waals surface area contributed by atoms with Crippen molar-refractivity contribution in [3.8, 4) is 27.6 Å². The van der Waals surface area contributed by atoms with Gasteiger partial charge in [-0.2, -0.15) is 10.2 Å². The first kappa shape index (κ1) is 25.4. The summed E-state index contributed by atoms with van der Waals surface area (Å²) < 4.78 is 1.81. The molecule has 11 nitrogen and oxygen atoms in total. The van der Waals surface area contributed by atoms with E-state index in [-0.39, 0.29) is 11.4 Å². The van der Waals surface area contributed by atoms with Crippen LogP contribution in [0.15, 0.2) is 90.0 Å². The molecule has 0 spiro atoms. The molecule has 0 bridgehead atoms. The molecule has 5 aromatic rings. The maximum Gasteiger partial charge on any atom is 0.301 e. The van der Waals surface area contributed by atoms with E-state index in [9.17, 15) is 20.2 Å². The lowest BCUT2D eigenvalue weighted by molar-refractivity contribution is -0.393. The predicted octanol–water partition coefficient (Wildman–Crippen LogP) is 6.62. The van der Waals surface area contributed by atoms with E-state index in [0.29, 0.717) is 16.5 Å². The third-order valence-corrected chi connectivity index (χ3v) is 7.12. The predicted molar refractivity (Wildman–Crippen MR) is 150 cm³/mol. The molecule has 0 atom stereocenters. The summed E-state index contributed by atoms with van der Waals surface area (Å²) >= 11 is 1.39. The number of nitrogens with zero attached hydrogens (tertiary/aromatic N) is 6. The minimum atomic E-state index is -0.691. The van der Waals surface area contributed by atoms with Crippen LogP contribution < -0.4 is 5.43 Å². The van der Waals surface area contributed by atoms with E-state index < -0.39 is 15.5 Å². The first-order chi connectivity index (χ1) is 18.8. The highest BCUT2D eigenvalue weighted by Crippen LogP contribution is 2.32. The summed E-state index contributed by atoms with van der Waals surface area (Å²) in [6, 6.07) is 25.2. The molecule has 0 aliphatic carbocycles. The molecule has 2 aromatic heterocycles. The van der Waals surface area contributed by atoms with Crippen LogP contribution in [0.5, 0.6) is 0 Å². The molecule has 39 heavy (non-hydrogen) atoms. The molecule has 5 rings (SSSR count). The van der Waals surface area contributed by atoms with Gasteiger partial charge < -0.3 is 0 Å². The molecule has 0 aliphatic heterocycles. The molecule has 0 aliphatic rings. The Hall–Kier alpha value is -5.23. The van der Waals surface area contributed by atoms with Crippen LogP contribution >= 0.6 is 11.3 Å². The molecule has 194 valence electrons. The molecule has 3 aromatic carbocycles. The number of anilines is 1. The van der Waals surface area contributed by atoms with Gasteiger partial charge in [-0.15, -0.1) is 0 Å². The third-order valence-electron chi connectivity index (χ3n) is 5.88. The van der Waals surface area contributed by atoms with Gasteiger partial charge in [-0.05, 0) is 26.0 Å². The van der Waals surface area contributed by atoms with Crippen LogP contribution in [0.4, 0.5) is 17.1 Å². The summed E-state index contributed by atoms with van der Waals surface area (Å²) in [7, 11) is 0.